The summed E-state index contributed by atoms with van der Waals surface area (Å²) in [6.07, 6.45) is 4.37. The first kappa shape index (κ1) is 18.3. The van der Waals surface area contributed by atoms with Crippen molar-refractivity contribution in [1.82, 2.24) is 15.5 Å². The standard InChI is InChI=1S/C22H22N4O2/c27-15-24-11-8-16-4-6-17(7-5-16)19-2-1-3-20(14-19)21-25-22(28-26-21)18-9-12-23-13-10-18/h1-7,14,18,23H,8-13H2. The lowest BCUT2D eigenvalue weighted by molar-refractivity contribution is 0.320. The molecule has 6 heteroatoms. The van der Waals surface area contributed by atoms with Crippen LogP contribution in [0.1, 0.15) is 30.2 Å². The van der Waals surface area contributed by atoms with Crippen molar-refractivity contribution in [3.63, 3.8) is 0 Å². The van der Waals surface area contributed by atoms with Crippen molar-refractivity contribution < 1.29 is 9.32 Å². The van der Waals surface area contributed by atoms with Gasteiger partial charge < -0.3 is 9.84 Å². The van der Waals surface area contributed by atoms with Crippen LogP contribution in [0, 0.1) is 0 Å². The van der Waals surface area contributed by atoms with E-state index in [4.69, 9.17) is 4.52 Å². The molecule has 1 aromatic heterocycles. The summed E-state index contributed by atoms with van der Waals surface area (Å²) in [4.78, 5) is 18.4. The van der Waals surface area contributed by atoms with E-state index >= 15 is 0 Å². The summed E-state index contributed by atoms with van der Waals surface area (Å²) in [5, 5.41) is 7.56. The fourth-order valence-electron chi connectivity index (χ4n) is 3.52. The van der Waals surface area contributed by atoms with E-state index in [0.717, 1.165) is 60.5 Å². The largest absolute Gasteiger partial charge is 0.339 e. The van der Waals surface area contributed by atoms with Crippen LogP contribution < -0.4 is 5.32 Å². The highest BCUT2D eigenvalue weighted by atomic mass is 16.5. The molecule has 0 radical (unpaired) electrons. The van der Waals surface area contributed by atoms with E-state index in [1.165, 1.54) is 0 Å². The van der Waals surface area contributed by atoms with Crippen LogP contribution in [0.25, 0.3) is 22.5 Å². The molecule has 0 amide bonds. The SMILES string of the molecule is O=C=NCCc1ccc(-c2cccc(-c3noc(C4CCNCC4)n3)c2)cc1. The Hall–Kier alpha value is -3.08. The maximum atomic E-state index is 10.2. The number of aliphatic imine (C=N–C) groups is 1. The lowest BCUT2D eigenvalue weighted by atomic mass is 9.98. The van der Waals surface area contributed by atoms with Crippen LogP contribution in [0.4, 0.5) is 0 Å². The molecule has 0 atom stereocenters. The number of hydrogen-bond donors (Lipinski definition) is 1. The smallest absolute Gasteiger partial charge is 0.234 e. The van der Waals surface area contributed by atoms with Gasteiger partial charge in [-0.1, -0.05) is 47.6 Å². The Morgan fingerprint density at radius 1 is 1.07 bits per heavy atom. The average Bonchev–Trinajstić information content (AvgIpc) is 3.26. The normalized spacial score (nSPS) is 14.6. The second-order valence-electron chi connectivity index (χ2n) is 6.98. The highest BCUT2D eigenvalue weighted by Crippen LogP contribution is 2.28. The van der Waals surface area contributed by atoms with Gasteiger partial charge in [-0.3, -0.25) is 0 Å². The summed E-state index contributed by atoms with van der Waals surface area (Å²) < 4.78 is 5.54. The van der Waals surface area contributed by atoms with Crippen LogP contribution in [-0.2, 0) is 11.2 Å². The third-order valence-electron chi connectivity index (χ3n) is 5.11. The van der Waals surface area contributed by atoms with Crippen LogP contribution in [0.15, 0.2) is 58.0 Å². The lowest BCUT2D eigenvalue weighted by Gasteiger charge is -2.18. The molecule has 2 aromatic carbocycles. The molecule has 1 saturated heterocycles. The van der Waals surface area contributed by atoms with Gasteiger partial charge >= 0.3 is 0 Å². The minimum Gasteiger partial charge on any atom is -0.339 e. The molecule has 0 bridgehead atoms. The molecule has 142 valence electrons. The van der Waals surface area contributed by atoms with Gasteiger partial charge in [0.15, 0.2) is 0 Å². The fourth-order valence-corrected chi connectivity index (χ4v) is 3.52. The Bertz CT molecular complexity index is 968. The van der Waals surface area contributed by atoms with Crippen molar-refractivity contribution in [2.24, 2.45) is 4.99 Å². The van der Waals surface area contributed by atoms with Crippen molar-refractivity contribution in [2.45, 2.75) is 25.2 Å². The number of piperidine rings is 1. The molecule has 0 saturated carbocycles. The van der Waals surface area contributed by atoms with Gasteiger partial charge in [0.1, 0.15) is 0 Å². The number of benzene rings is 2. The zero-order chi connectivity index (χ0) is 19.2. The molecule has 1 aliphatic rings. The van der Waals surface area contributed by atoms with Gasteiger partial charge in [0.2, 0.25) is 17.8 Å². The highest BCUT2D eigenvalue weighted by Gasteiger charge is 2.21. The van der Waals surface area contributed by atoms with Gasteiger partial charge in [-0.15, -0.1) is 0 Å². The molecule has 4 rings (SSSR count). The summed E-state index contributed by atoms with van der Waals surface area (Å²) in [5.74, 6) is 1.73. The number of rotatable bonds is 6. The fraction of sp³-hybridized carbons (Fsp3) is 0.318. The van der Waals surface area contributed by atoms with Crippen LogP contribution in [-0.4, -0.2) is 35.9 Å². The first-order valence-corrected chi connectivity index (χ1v) is 9.61. The van der Waals surface area contributed by atoms with Gasteiger partial charge in [0.25, 0.3) is 0 Å². The zero-order valence-electron chi connectivity index (χ0n) is 15.6. The predicted octanol–water partition coefficient (Wildman–Crippen LogP) is 3.75. The quantitative estimate of drug-likeness (QED) is 0.525. The van der Waals surface area contributed by atoms with E-state index < -0.39 is 0 Å². The Balaban J connectivity index is 1.51. The number of nitrogens with zero attached hydrogens (tertiary/aromatic N) is 3. The molecule has 1 fully saturated rings. The molecule has 1 N–H and O–H groups in total. The van der Waals surface area contributed by atoms with Gasteiger partial charge in [0.05, 0.1) is 6.54 Å². The number of nitrogens with one attached hydrogen (secondary N) is 1. The summed E-state index contributed by atoms with van der Waals surface area (Å²) in [7, 11) is 0. The molecular weight excluding hydrogens is 352 g/mol. The first-order chi connectivity index (χ1) is 13.8. The molecule has 2 heterocycles. The summed E-state index contributed by atoms with van der Waals surface area (Å²) in [5.41, 5.74) is 4.31. The Labute approximate surface area is 163 Å². The first-order valence-electron chi connectivity index (χ1n) is 9.61. The highest BCUT2D eigenvalue weighted by molar-refractivity contribution is 5.70. The number of aromatic nitrogens is 2. The van der Waals surface area contributed by atoms with Crippen molar-refractivity contribution in [1.29, 1.82) is 0 Å². The van der Waals surface area contributed by atoms with Crippen LogP contribution >= 0.6 is 0 Å². The second-order valence-corrected chi connectivity index (χ2v) is 6.98. The summed E-state index contributed by atoms with van der Waals surface area (Å²) in [6, 6.07) is 16.5. The Morgan fingerprint density at radius 3 is 2.64 bits per heavy atom. The molecule has 0 aliphatic carbocycles. The predicted molar refractivity (Wildman–Crippen MR) is 107 cm³/mol. The number of isocyanates is 1. The van der Waals surface area contributed by atoms with E-state index in [9.17, 15) is 4.79 Å². The van der Waals surface area contributed by atoms with E-state index in [2.05, 4.69) is 56.8 Å². The van der Waals surface area contributed by atoms with Crippen molar-refractivity contribution >= 4 is 6.08 Å². The van der Waals surface area contributed by atoms with Gasteiger partial charge in [-0.05, 0) is 55.1 Å². The molecule has 28 heavy (non-hydrogen) atoms. The number of carbonyl (C=O) groups excluding carboxylic acids is 1. The summed E-state index contributed by atoms with van der Waals surface area (Å²) in [6.45, 7) is 2.46. The zero-order valence-corrected chi connectivity index (χ0v) is 15.6. The maximum absolute atomic E-state index is 10.2. The monoisotopic (exact) mass is 374 g/mol. The number of hydrogen-bond acceptors (Lipinski definition) is 6. The molecular formula is C22H22N4O2. The summed E-state index contributed by atoms with van der Waals surface area (Å²) >= 11 is 0. The van der Waals surface area contributed by atoms with Crippen LogP contribution in [0.3, 0.4) is 0 Å². The van der Waals surface area contributed by atoms with Crippen molar-refractivity contribution in [3.8, 4) is 22.5 Å². The molecule has 6 nitrogen and oxygen atoms in total. The minimum absolute atomic E-state index is 0.349. The van der Waals surface area contributed by atoms with Crippen molar-refractivity contribution in [3.05, 3.63) is 60.0 Å². The third-order valence-corrected chi connectivity index (χ3v) is 5.11. The third kappa shape index (κ3) is 4.25. The van der Waals surface area contributed by atoms with E-state index in [0.29, 0.717) is 18.3 Å². The molecule has 0 spiro atoms. The Kier molecular flexibility index (Phi) is 5.71. The topological polar surface area (TPSA) is 80.4 Å². The molecule has 3 aromatic rings. The van der Waals surface area contributed by atoms with Gasteiger partial charge in [-0.25, -0.2) is 9.79 Å². The maximum Gasteiger partial charge on any atom is 0.234 e. The van der Waals surface area contributed by atoms with Crippen LogP contribution in [0.2, 0.25) is 0 Å². The average molecular weight is 374 g/mol. The van der Waals surface area contributed by atoms with Crippen molar-refractivity contribution in [2.75, 3.05) is 19.6 Å². The minimum atomic E-state index is 0.349. The lowest BCUT2D eigenvalue weighted by Crippen LogP contribution is -2.26. The second kappa shape index (κ2) is 8.74. The van der Waals surface area contributed by atoms with E-state index in [1.54, 1.807) is 6.08 Å². The molecule has 1 aliphatic heterocycles. The van der Waals surface area contributed by atoms with Crippen LogP contribution in [0.5, 0.6) is 0 Å². The van der Waals surface area contributed by atoms with E-state index in [1.807, 2.05) is 12.1 Å². The van der Waals surface area contributed by atoms with Gasteiger partial charge in [-0.2, -0.15) is 4.98 Å². The van der Waals surface area contributed by atoms with E-state index in [-0.39, 0.29) is 0 Å². The Morgan fingerprint density at radius 2 is 1.86 bits per heavy atom. The van der Waals surface area contributed by atoms with Gasteiger partial charge in [0, 0.05) is 11.5 Å². The molecule has 0 unspecified atom stereocenters.